The van der Waals surface area contributed by atoms with Gasteiger partial charge in [-0.05, 0) is 30.6 Å². The van der Waals surface area contributed by atoms with E-state index in [4.69, 9.17) is 0 Å². The molecule has 0 saturated heterocycles. The largest absolute Gasteiger partial charge is 0.362 e. The first-order valence-electron chi connectivity index (χ1n) is 6.64. The van der Waals surface area contributed by atoms with E-state index in [0.717, 1.165) is 24.3 Å². The first-order valence-corrected chi connectivity index (χ1v) is 7.63. The van der Waals surface area contributed by atoms with Crippen molar-refractivity contribution in [2.45, 2.75) is 46.1 Å². The smallest absolute Gasteiger partial charge is 0.156 e. The molecular formula is C13H24N2S. The molecule has 4 unspecified atom stereocenters. The maximum absolute atomic E-state index is 4.63. The van der Waals surface area contributed by atoms with Crippen molar-refractivity contribution in [3.05, 3.63) is 0 Å². The van der Waals surface area contributed by atoms with Crippen LogP contribution in [0.25, 0.3) is 0 Å². The Balaban J connectivity index is 1.86. The zero-order valence-electron chi connectivity index (χ0n) is 10.7. The first kappa shape index (κ1) is 12.3. The molecule has 4 atom stereocenters. The number of aliphatic imine (C=N–C) groups is 1. The lowest BCUT2D eigenvalue weighted by atomic mass is 9.94. The van der Waals surface area contributed by atoms with Gasteiger partial charge in [-0.25, -0.2) is 0 Å². The van der Waals surface area contributed by atoms with Crippen LogP contribution in [0, 0.1) is 17.8 Å². The van der Waals surface area contributed by atoms with E-state index < -0.39 is 0 Å². The Morgan fingerprint density at radius 1 is 1.38 bits per heavy atom. The quantitative estimate of drug-likeness (QED) is 0.802. The normalized spacial score (nSPS) is 39.6. The van der Waals surface area contributed by atoms with Gasteiger partial charge in [0.2, 0.25) is 0 Å². The van der Waals surface area contributed by atoms with E-state index in [-0.39, 0.29) is 0 Å². The Morgan fingerprint density at radius 2 is 2.19 bits per heavy atom. The predicted molar refractivity (Wildman–Crippen MR) is 73.0 cm³/mol. The number of hydrogen-bond donors (Lipinski definition) is 1. The van der Waals surface area contributed by atoms with Crippen LogP contribution < -0.4 is 5.32 Å². The molecule has 1 N–H and O–H groups in total. The summed E-state index contributed by atoms with van der Waals surface area (Å²) in [4.78, 5) is 4.63. The van der Waals surface area contributed by atoms with Crippen LogP contribution in [0.3, 0.4) is 0 Å². The minimum atomic E-state index is 0.671. The molecule has 16 heavy (non-hydrogen) atoms. The van der Waals surface area contributed by atoms with Crippen LogP contribution in [0.2, 0.25) is 0 Å². The highest BCUT2D eigenvalue weighted by atomic mass is 32.2. The Labute approximate surface area is 104 Å². The summed E-state index contributed by atoms with van der Waals surface area (Å²) in [5, 5.41) is 4.87. The number of hydrogen-bond acceptors (Lipinski definition) is 3. The number of amidine groups is 1. The molecule has 0 aromatic carbocycles. The van der Waals surface area contributed by atoms with Crippen LogP contribution in [0.1, 0.15) is 40.0 Å². The molecule has 0 spiro atoms. The van der Waals surface area contributed by atoms with Gasteiger partial charge in [-0.15, -0.1) is 0 Å². The molecule has 0 aromatic heterocycles. The van der Waals surface area contributed by atoms with E-state index >= 15 is 0 Å². The number of nitrogens with zero attached hydrogens (tertiary/aromatic N) is 1. The van der Waals surface area contributed by atoms with E-state index in [1.807, 2.05) is 11.8 Å². The second-order valence-corrected chi connectivity index (χ2v) is 6.43. The fraction of sp³-hybridized carbons (Fsp3) is 0.923. The molecule has 0 radical (unpaired) electrons. The summed E-state index contributed by atoms with van der Waals surface area (Å²) in [7, 11) is 0. The maximum Gasteiger partial charge on any atom is 0.156 e. The average Bonchev–Trinajstić information content (AvgIpc) is 2.63. The van der Waals surface area contributed by atoms with Crippen LogP contribution in [-0.4, -0.2) is 23.5 Å². The van der Waals surface area contributed by atoms with Gasteiger partial charge in [0, 0.05) is 18.3 Å². The van der Waals surface area contributed by atoms with E-state index in [1.165, 1.54) is 30.2 Å². The molecule has 2 aliphatic rings. The molecule has 1 aliphatic heterocycles. The third kappa shape index (κ3) is 2.73. The second-order valence-electron chi connectivity index (χ2n) is 5.42. The zero-order chi connectivity index (χ0) is 11.5. The summed E-state index contributed by atoms with van der Waals surface area (Å²) < 4.78 is 0. The molecule has 2 rings (SSSR count). The van der Waals surface area contributed by atoms with E-state index in [2.05, 4.69) is 31.1 Å². The van der Waals surface area contributed by atoms with Crippen molar-refractivity contribution in [2.24, 2.45) is 22.7 Å². The predicted octanol–water partition coefficient (Wildman–Crippen LogP) is 3.14. The van der Waals surface area contributed by atoms with Gasteiger partial charge in [0.05, 0.1) is 0 Å². The van der Waals surface area contributed by atoms with Gasteiger partial charge in [0.1, 0.15) is 0 Å². The Bertz CT molecular complexity index is 265. The molecule has 1 heterocycles. The lowest BCUT2D eigenvalue weighted by Gasteiger charge is -2.25. The molecule has 92 valence electrons. The lowest BCUT2D eigenvalue weighted by molar-refractivity contribution is 0.369. The average molecular weight is 240 g/mol. The summed E-state index contributed by atoms with van der Waals surface area (Å²) >= 11 is 1.91. The van der Waals surface area contributed by atoms with Crippen LogP contribution in [-0.2, 0) is 0 Å². The monoisotopic (exact) mass is 240 g/mol. The molecule has 0 amide bonds. The summed E-state index contributed by atoms with van der Waals surface area (Å²) in [5.74, 6) is 3.71. The van der Waals surface area contributed by atoms with Gasteiger partial charge in [-0.3, -0.25) is 4.99 Å². The van der Waals surface area contributed by atoms with Crippen molar-refractivity contribution >= 4 is 16.9 Å². The van der Waals surface area contributed by atoms with Crippen LogP contribution >= 0.6 is 11.8 Å². The summed E-state index contributed by atoms with van der Waals surface area (Å²) in [6, 6.07) is 0.671. The van der Waals surface area contributed by atoms with Crippen molar-refractivity contribution in [3.63, 3.8) is 0 Å². The number of thioether (sulfide) groups is 1. The zero-order valence-corrected chi connectivity index (χ0v) is 11.5. The van der Waals surface area contributed by atoms with Crippen LogP contribution in [0.15, 0.2) is 4.99 Å². The van der Waals surface area contributed by atoms with Gasteiger partial charge in [0.15, 0.2) is 5.17 Å². The highest BCUT2D eigenvalue weighted by Gasteiger charge is 2.32. The first-order chi connectivity index (χ1) is 7.70. The van der Waals surface area contributed by atoms with Crippen LogP contribution in [0.5, 0.6) is 0 Å². The molecule has 1 aliphatic carbocycles. The maximum atomic E-state index is 4.63. The minimum Gasteiger partial charge on any atom is -0.362 e. The van der Waals surface area contributed by atoms with E-state index in [0.29, 0.717) is 6.04 Å². The van der Waals surface area contributed by atoms with Gasteiger partial charge >= 0.3 is 0 Å². The van der Waals surface area contributed by atoms with Crippen LogP contribution in [0.4, 0.5) is 0 Å². The third-order valence-electron chi connectivity index (χ3n) is 4.11. The van der Waals surface area contributed by atoms with E-state index in [9.17, 15) is 0 Å². The summed E-state index contributed by atoms with van der Waals surface area (Å²) in [5.41, 5.74) is 0. The molecule has 0 bridgehead atoms. The van der Waals surface area contributed by atoms with E-state index in [1.54, 1.807) is 0 Å². The molecular weight excluding hydrogens is 216 g/mol. The van der Waals surface area contributed by atoms with Gasteiger partial charge in [-0.2, -0.15) is 0 Å². The van der Waals surface area contributed by atoms with Crippen molar-refractivity contribution in [1.29, 1.82) is 0 Å². The summed E-state index contributed by atoms with van der Waals surface area (Å²) in [6.07, 6.45) is 4.05. The lowest BCUT2D eigenvalue weighted by Crippen LogP contribution is -2.37. The molecule has 0 aromatic rings. The molecule has 3 heteroatoms. The minimum absolute atomic E-state index is 0.671. The highest BCUT2D eigenvalue weighted by Crippen LogP contribution is 2.34. The Kier molecular flexibility index (Phi) is 4.17. The van der Waals surface area contributed by atoms with Crippen molar-refractivity contribution in [3.8, 4) is 0 Å². The SMILES string of the molecule is CCC1CCC(NC2=NCC(C)CS2)C1C. The Hall–Kier alpha value is -0.180. The van der Waals surface area contributed by atoms with Crippen molar-refractivity contribution in [2.75, 3.05) is 12.3 Å². The summed E-state index contributed by atoms with van der Waals surface area (Å²) in [6.45, 7) is 8.00. The number of rotatable bonds is 2. The topological polar surface area (TPSA) is 24.4 Å². The fourth-order valence-electron chi connectivity index (χ4n) is 2.83. The molecule has 1 fully saturated rings. The van der Waals surface area contributed by atoms with Crippen molar-refractivity contribution < 1.29 is 0 Å². The fourth-order valence-corrected chi connectivity index (χ4v) is 3.78. The molecule has 1 saturated carbocycles. The van der Waals surface area contributed by atoms with Gasteiger partial charge in [-0.1, -0.05) is 39.0 Å². The Morgan fingerprint density at radius 3 is 2.75 bits per heavy atom. The molecule has 2 nitrogen and oxygen atoms in total. The van der Waals surface area contributed by atoms with Crippen molar-refractivity contribution in [1.82, 2.24) is 5.32 Å². The van der Waals surface area contributed by atoms with Gasteiger partial charge < -0.3 is 5.32 Å². The number of nitrogens with one attached hydrogen (secondary N) is 1. The standard InChI is InChI=1S/C13H24N2S/c1-4-11-5-6-12(10(11)3)15-13-14-7-9(2)8-16-13/h9-12H,4-8H2,1-3H3,(H,14,15). The second kappa shape index (κ2) is 5.44. The van der Waals surface area contributed by atoms with Gasteiger partial charge in [0.25, 0.3) is 0 Å². The highest BCUT2D eigenvalue weighted by molar-refractivity contribution is 8.13. The third-order valence-corrected chi connectivity index (χ3v) is 5.37.